The Labute approximate surface area is 106 Å². The highest BCUT2D eigenvalue weighted by Crippen LogP contribution is 2.08. The van der Waals surface area contributed by atoms with Crippen LogP contribution in [0.4, 0.5) is 0 Å². The van der Waals surface area contributed by atoms with E-state index in [1.54, 1.807) is 0 Å². The van der Waals surface area contributed by atoms with Crippen molar-refractivity contribution < 1.29 is 9.47 Å². The van der Waals surface area contributed by atoms with Gasteiger partial charge in [-0.25, -0.2) is 0 Å². The van der Waals surface area contributed by atoms with Gasteiger partial charge in [-0.05, 0) is 11.1 Å². The summed E-state index contributed by atoms with van der Waals surface area (Å²) < 4.78 is 10.7. The molecule has 1 aromatic rings. The zero-order valence-electron chi connectivity index (χ0n) is 9.12. The average Bonchev–Trinajstić information content (AvgIpc) is 2.30. The Hall–Kier alpha value is -0.280. The number of hydrogen-bond donors (Lipinski definition) is 0. The van der Waals surface area contributed by atoms with Crippen molar-refractivity contribution in [2.45, 2.75) is 13.2 Å². The SMILES string of the molecule is ClCCOCc1cccc(COCCCl)c1. The molecule has 0 aliphatic heterocycles. The molecule has 0 saturated heterocycles. The van der Waals surface area contributed by atoms with Crippen molar-refractivity contribution in [2.75, 3.05) is 25.0 Å². The standard InChI is InChI=1S/C12H16Cl2O2/c13-4-6-15-9-11-2-1-3-12(8-11)10-16-7-5-14/h1-3,8H,4-7,9-10H2. The van der Waals surface area contributed by atoms with Gasteiger partial charge in [0, 0.05) is 11.8 Å². The second-order valence-electron chi connectivity index (χ2n) is 3.30. The maximum Gasteiger partial charge on any atom is 0.0717 e. The molecule has 0 aromatic heterocycles. The molecule has 16 heavy (non-hydrogen) atoms. The Balaban J connectivity index is 2.37. The van der Waals surface area contributed by atoms with Crippen LogP contribution in [0.25, 0.3) is 0 Å². The van der Waals surface area contributed by atoms with E-state index >= 15 is 0 Å². The minimum absolute atomic E-state index is 0.526. The normalized spacial score (nSPS) is 10.6. The molecule has 0 spiro atoms. The van der Waals surface area contributed by atoms with Gasteiger partial charge < -0.3 is 9.47 Å². The third-order valence-electron chi connectivity index (χ3n) is 1.97. The van der Waals surface area contributed by atoms with Gasteiger partial charge in [0.1, 0.15) is 0 Å². The average molecular weight is 263 g/mol. The monoisotopic (exact) mass is 262 g/mol. The van der Waals surface area contributed by atoms with Gasteiger partial charge in [-0.3, -0.25) is 0 Å². The second-order valence-corrected chi connectivity index (χ2v) is 4.06. The van der Waals surface area contributed by atoms with E-state index < -0.39 is 0 Å². The molecule has 0 heterocycles. The van der Waals surface area contributed by atoms with Crippen molar-refractivity contribution >= 4 is 23.2 Å². The van der Waals surface area contributed by atoms with Crippen LogP contribution < -0.4 is 0 Å². The van der Waals surface area contributed by atoms with Gasteiger partial charge in [-0.2, -0.15) is 0 Å². The number of rotatable bonds is 8. The van der Waals surface area contributed by atoms with Crippen LogP contribution in [0, 0.1) is 0 Å². The van der Waals surface area contributed by atoms with Crippen LogP contribution in [0.2, 0.25) is 0 Å². The predicted octanol–water partition coefficient (Wildman–Crippen LogP) is 3.20. The smallest absolute Gasteiger partial charge is 0.0717 e. The van der Waals surface area contributed by atoms with Crippen LogP contribution in [0.3, 0.4) is 0 Å². The number of halogens is 2. The van der Waals surface area contributed by atoms with Crippen molar-refractivity contribution in [3.8, 4) is 0 Å². The van der Waals surface area contributed by atoms with Gasteiger partial charge in [-0.15, -0.1) is 23.2 Å². The molecule has 0 amide bonds. The molecule has 90 valence electrons. The van der Waals surface area contributed by atoms with Crippen molar-refractivity contribution in [3.05, 3.63) is 35.4 Å². The highest BCUT2D eigenvalue weighted by molar-refractivity contribution is 6.18. The van der Waals surface area contributed by atoms with Crippen molar-refractivity contribution in [1.82, 2.24) is 0 Å². The molecule has 0 saturated carbocycles. The van der Waals surface area contributed by atoms with E-state index in [9.17, 15) is 0 Å². The first-order valence-electron chi connectivity index (χ1n) is 5.22. The molecule has 0 radical (unpaired) electrons. The number of alkyl halides is 2. The van der Waals surface area contributed by atoms with Crippen molar-refractivity contribution in [3.63, 3.8) is 0 Å². The van der Waals surface area contributed by atoms with E-state index in [2.05, 4.69) is 6.07 Å². The molecule has 0 unspecified atom stereocenters. The van der Waals surface area contributed by atoms with E-state index in [0.717, 1.165) is 11.1 Å². The molecule has 0 N–H and O–H groups in total. The lowest BCUT2D eigenvalue weighted by molar-refractivity contribution is 0.131. The Bertz CT molecular complexity index is 267. The summed E-state index contributed by atoms with van der Waals surface area (Å²) in [5, 5.41) is 0. The highest BCUT2D eigenvalue weighted by atomic mass is 35.5. The maximum atomic E-state index is 5.53. The number of benzene rings is 1. The van der Waals surface area contributed by atoms with E-state index in [-0.39, 0.29) is 0 Å². The Morgan fingerprint density at radius 2 is 1.38 bits per heavy atom. The van der Waals surface area contributed by atoms with E-state index in [0.29, 0.717) is 38.2 Å². The predicted molar refractivity (Wildman–Crippen MR) is 67.2 cm³/mol. The minimum Gasteiger partial charge on any atom is -0.376 e. The molecular weight excluding hydrogens is 247 g/mol. The lowest BCUT2D eigenvalue weighted by atomic mass is 10.1. The first-order chi connectivity index (χ1) is 7.86. The minimum atomic E-state index is 0.526. The Morgan fingerprint density at radius 3 is 1.81 bits per heavy atom. The van der Waals surface area contributed by atoms with Crippen LogP contribution in [0.5, 0.6) is 0 Å². The largest absolute Gasteiger partial charge is 0.376 e. The fourth-order valence-corrected chi connectivity index (χ4v) is 1.52. The van der Waals surface area contributed by atoms with Crippen molar-refractivity contribution in [2.24, 2.45) is 0 Å². The number of ether oxygens (including phenoxy) is 2. The van der Waals surface area contributed by atoms with Gasteiger partial charge >= 0.3 is 0 Å². The molecule has 1 rings (SSSR count). The summed E-state index contributed by atoms with van der Waals surface area (Å²) in [7, 11) is 0. The molecule has 0 atom stereocenters. The summed E-state index contributed by atoms with van der Waals surface area (Å²) in [6.07, 6.45) is 0. The van der Waals surface area contributed by atoms with Crippen LogP contribution in [-0.2, 0) is 22.7 Å². The van der Waals surface area contributed by atoms with Gasteiger partial charge in [0.2, 0.25) is 0 Å². The summed E-state index contributed by atoms with van der Waals surface area (Å²) in [6.45, 7) is 2.34. The summed E-state index contributed by atoms with van der Waals surface area (Å²) in [6, 6.07) is 8.12. The molecule has 1 aromatic carbocycles. The summed E-state index contributed by atoms with van der Waals surface area (Å²) in [4.78, 5) is 0. The van der Waals surface area contributed by atoms with Crippen LogP contribution >= 0.6 is 23.2 Å². The number of hydrogen-bond acceptors (Lipinski definition) is 2. The summed E-state index contributed by atoms with van der Waals surface area (Å²) in [5.41, 5.74) is 2.27. The molecule has 0 bridgehead atoms. The van der Waals surface area contributed by atoms with Crippen molar-refractivity contribution in [1.29, 1.82) is 0 Å². The van der Waals surface area contributed by atoms with Gasteiger partial charge in [0.25, 0.3) is 0 Å². The molecule has 0 fully saturated rings. The van der Waals surface area contributed by atoms with Crippen LogP contribution in [0.15, 0.2) is 24.3 Å². The topological polar surface area (TPSA) is 18.5 Å². The fourth-order valence-electron chi connectivity index (χ4n) is 1.30. The van der Waals surface area contributed by atoms with Gasteiger partial charge in [-0.1, -0.05) is 24.3 Å². The van der Waals surface area contributed by atoms with Crippen LogP contribution in [-0.4, -0.2) is 25.0 Å². The van der Waals surface area contributed by atoms with E-state index in [1.807, 2.05) is 18.2 Å². The molecule has 2 nitrogen and oxygen atoms in total. The quantitative estimate of drug-likeness (QED) is 0.529. The molecular formula is C12H16Cl2O2. The summed E-state index contributed by atoms with van der Waals surface area (Å²) >= 11 is 11.1. The molecule has 0 aliphatic rings. The Kier molecular flexibility index (Phi) is 7.60. The zero-order chi connectivity index (χ0) is 11.6. The van der Waals surface area contributed by atoms with Gasteiger partial charge in [0.15, 0.2) is 0 Å². The zero-order valence-corrected chi connectivity index (χ0v) is 10.6. The third-order valence-corrected chi connectivity index (χ3v) is 2.28. The molecule has 4 heteroatoms. The fraction of sp³-hybridized carbons (Fsp3) is 0.500. The first kappa shape index (κ1) is 13.8. The summed E-state index contributed by atoms with van der Waals surface area (Å²) in [5.74, 6) is 1.05. The maximum absolute atomic E-state index is 5.53. The molecule has 0 aliphatic carbocycles. The lowest BCUT2D eigenvalue weighted by Crippen LogP contribution is -1.99. The van der Waals surface area contributed by atoms with E-state index in [4.69, 9.17) is 32.7 Å². The third kappa shape index (κ3) is 5.71. The first-order valence-corrected chi connectivity index (χ1v) is 6.29. The van der Waals surface area contributed by atoms with E-state index in [1.165, 1.54) is 0 Å². The second kappa shape index (κ2) is 8.82. The highest BCUT2D eigenvalue weighted by Gasteiger charge is 1.97. The van der Waals surface area contributed by atoms with Gasteiger partial charge in [0.05, 0.1) is 26.4 Å². The Morgan fingerprint density at radius 1 is 0.875 bits per heavy atom. The lowest BCUT2D eigenvalue weighted by Gasteiger charge is -2.06. The van der Waals surface area contributed by atoms with Crippen LogP contribution in [0.1, 0.15) is 11.1 Å².